The highest BCUT2D eigenvalue weighted by Gasteiger charge is 2.23. The van der Waals surface area contributed by atoms with Crippen molar-refractivity contribution in [1.29, 1.82) is 0 Å². The molecule has 0 bridgehead atoms. The molecule has 1 heterocycles. The number of benzene rings is 1. The van der Waals surface area contributed by atoms with Crippen LogP contribution in [0.15, 0.2) is 24.3 Å². The van der Waals surface area contributed by atoms with Gasteiger partial charge >= 0.3 is 12.2 Å². The van der Waals surface area contributed by atoms with E-state index in [9.17, 15) is 9.59 Å². The quantitative estimate of drug-likeness (QED) is 0.630. The van der Waals surface area contributed by atoms with Gasteiger partial charge in [0.2, 0.25) is 6.29 Å². The van der Waals surface area contributed by atoms with Gasteiger partial charge in [-0.3, -0.25) is 0 Å². The molecule has 1 aliphatic rings. The van der Waals surface area contributed by atoms with Gasteiger partial charge in [0.15, 0.2) is 0 Å². The Morgan fingerprint density at radius 2 is 2.00 bits per heavy atom. The van der Waals surface area contributed by atoms with E-state index in [1.807, 2.05) is 31.2 Å². The van der Waals surface area contributed by atoms with Crippen molar-refractivity contribution in [1.82, 2.24) is 10.2 Å². The first-order chi connectivity index (χ1) is 12.1. The molecule has 1 aliphatic heterocycles. The second-order valence-corrected chi connectivity index (χ2v) is 5.97. The highest BCUT2D eigenvalue weighted by atomic mass is 16.7. The average Bonchev–Trinajstić information content (AvgIpc) is 2.64. The minimum absolute atomic E-state index is 0.195. The number of piperidine rings is 1. The molecule has 138 valence electrons. The highest BCUT2D eigenvalue weighted by molar-refractivity contribution is 5.68. The number of methoxy groups -OCH3 is 1. The molecule has 1 aromatic rings. The summed E-state index contributed by atoms with van der Waals surface area (Å²) in [6, 6.07) is 7.63. The molecule has 2 amide bonds. The summed E-state index contributed by atoms with van der Waals surface area (Å²) in [6.45, 7) is 3.84. The molecule has 7 nitrogen and oxygen atoms in total. The lowest BCUT2D eigenvalue weighted by molar-refractivity contribution is -0.115. The molecule has 1 aromatic carbocycles. The number of carbonyl (C=O) groups excluding carboxylic acids is 2. The van der Waals surface area contributed by atoms with Crippen molar-refractivity contribution in [2.75, 3.05) is 33.4 Å². The van der Waals surface area contributed by atoms with Crippen molar-refractivity contribution < 1.29 is 23.8 Å². The zero-order valence-electron chi connectivity index (χ0n) is 14.8. The van der Waals surface area contributed by atoms with Crippen molar-refractivity contribution in [2.45, 2.75) is 32.5 Å². The molecule has 2 rings (SSSR count). The highest BCUT2D eigenvalue weighted by Crippen LogP contribution is 2.22. The van der Waals surface area contributed by atoms with Gasteiger partial charge in [-0.2, -0.15) is 0 Å². The normalized spacial score (nSPS) is 15.4. The lowest BCUT2D eigenvalue weighted by Crippen LogP contribution is -2.37. The lowest BCUT2D eigenvalue weighted by Gasteiger charge is -2.28. The molecule has 1 fully saturated rings. The Bertz CT molecular complexity index is 572. The van der Waals surface area contributed by atoms with Crippen LogP contribution in [0.4, 0.5) is 9.59 Å². The number of likely N-dealkylation sites (tertiary alicyclic amines) is 1. The number of nitrogens with one attached hydrogen (secondary N) is 1. The van der Waals surface area contributed by atoms with Crippen LogP contribution in [0.3, 0.4) is 0 Å². The summed E-state index contributed by atoms with van der Waals surface area (Å²) >= 11 is 0. The molecule has 0 aliphatic carbocycles. The van der Waals surface area contributed by atoms with E-state index in [1.54, 1.807) is 4.90 Å². The zero-order chi connectivity index (χ0) is 18.1. The number of nitrogens with zero attached hydrogens (tertiary/aromatic N) is 1. The summed E-state index contributed by atoms with van der Waals surface area (Å²) in [4.78, 5) is 25.2. The molecule has 0 radical (unpaired) electrons. The predicted octanol–water partition coefficient (Wildman–Crippen LogP) is 2.99. The van der Waals surface area contributed by atoms with Gasteiger partial charge in [0.05, 0.1) is 13.7 Å². The van der Waals surface area contributed by atoms with Gasteiger partial charge in [-0.1, -0.05) is 23.8 Å². The maximum absolute atomic E-state index is 12.4. The van der Waals surface area contributed by atoms with E-state index in [0.717, 1.165) is 30.4 Å². The molecule has 1 atom stereocenters. The van der Waals surface area contributed by atoms with E-state index in [4.69, 9.17) is 9.47 Å². The zero-order valence-corrected chi connectivity index (χ0v) is 14.8. The van der Waals surface area contributed by atoms with E-state index in [1.165, 1.54) is 7.11 Å². The molecule has 0 unspecified atom stereocenters. The Balaban J connectivity index is 1.96. The van der Waals surface area contributed by atoms with Crippen molar-refractivity contribution >= 4 is 12.2 Å². The van der Waals surface area contributed by atoms with Gasteiger partial charge in [0, 0.05) is 25.2 Å². The maximum atomic E-state index is 12.4. The fourth-order valence-corrected chi connectivity index (χ4v) is 2.65. The Morgan fingerprint density at radius 1 is 1.24 bits per heavy atom. The largest absolute Gasteiger partial charge is 0.453 e. The Hall–Kier alpha value is -2.28. The first-order valence-corrected chi connectivity index (χ1v) is 8.55. The van der Waals surface area contributed by atoms with Gasteiger partial charge in [-0.15, -0.1) is 0 Å². The van der Waals surface area contributed by atoms with E-state index < -0.39 is 12.4 Å². The van der Waals surface area contributed by atoms with Crippen molar-refractivity contribution in [2.24, 2.45) is 0 Å². The van der Waals surface area contributed by atoms with Crippen molar-refractivity contribution in [3.8, 4) is 0 Å². The molecule has 0 spiro atoms. The molecule has 25 heavy (non-hydrogen) atoms. The summed E-state index contributed by atoms with van der Waals surface area (Å²) in [6.07, 6.45) is 1.42. The number of hydrogen-bond acceptors (Lipinski definition) is 5. The Kier molecular flexibility index (Phi) is 7.53. The summed E-state index contributed by atoms with van der Waals surface area (Å²) in [5.41, 5.74) is 1.82. The number of amides is 2. The lowest BCUT2D eigenvalue weighted by atomic mass is 10.1. The van der Waals surface area contributed by atoms with Gasteiger partial charge in [-0.25, -0.2) is 9.59 Å². The first kappa shape index (κ1) is 19.1. The van der Waals surface area contributed by atoms with Crippen LogP contribution in [0.5, 0.6) is 0 Å². The van der Waals surface area contributed by atoms with Crippen LogP contribution in [0, 0.1) is 6.92 Å². The van der Waals surface area contributed by atoms with E-state index in [0.29, 0.717) is 13.1 Å². The van der Waals surface area contributed by atoms with Gasteiger partial charge in [0.25, 0.3) is 0 Å². The smallest absolute Gasteiger partial charge is 0.412 e. The number of ether oxygens (including phenoxy) is 3. The van der Waals surface area contributed by atoms with Crippen molar-refractivity contribution in [3.05, 3.63) is 35.4 Å². The van der Waals surface area contributed by atoms with Crippen LogP contribution in [0.1, 0.15) is 36.7 Å². The Morgan fingerprint density at radius 3 is 2.68 bits per heavy atom. The molecule has 0 saturated carbocycles. The SMILES string of the molecule is COC(=O)NCCO[C@H](OC(=O)N1CCCCC1)c1cccc(C)c1. The van der Waals surface area contributed by atoms with E-state index in [-0.39, 0.29) is 19.2 Å². The van der Waals surface area contributed by atoms with Gasteiger partial charge in [0.1, 0.15) is 0 Å². The second-order valence-electron chi connectivity index (χ2n) is 5.97. The third-order valence-corrected chi connectivity index (χ3v) is 3.96. The number of hydrogen-bond donors (Lipinski definition) is 1. The number of alkyl carbamates (subject to hydrolysis) is 1. The van der Waals surface area contributed by atoms with Crippen LogP contribution in [-0.2, 0) is 14.2 Å². The monoisotopic (exact) mass is 350 g/mol. The van der Waals surface area contributed by atoms with Crippen LogP contribution >= 0.6 is 0 Å². The summed E-state index contributed by atoms with van der Waals surface area (Å²) in [5.74, 6) is 0. The van der Waals surface area contributed by atoms with E-state index in [2.05, 4.69) is 10.1 Å². The Labute approximate surface area is 148 Å². The topological polar surface area (TPSA) is 77.1 Å². The second kappa shape index (κ2) is 9.88. The summed E-state index contributed by atoms with van der Waals surface area (Å²) in [7, 11) is 1.30. The standard InChI is InChI=1S/C18H26N2O5/c1-14-7-6-8-15(13-14)16(24-12-9-19-17(21)23-2)25-18(22)20-10-4-3-5-11-20/h6-8,13,16H,3-5,9-12H2,1-2H3,(H,19,21)/t16-/m1/s1. The molecule has 7 heteroatoms. The first-order valence-electron chi connectivity index (χ1n) is 8.55. The number of aryl methyl sites for hydroxylation is 1. The third-order valence-electron chi connectivity index (χ3n) is 3.96. The van der Waals surface area contributed by atoms with Gasteiger partial charge in [-0.05, 0) is 32.3 Å². The van der Waals surface area contributed by atoms with Crippen LogP contribution < -0.4 is 5.32 Å². The number of rotatable bonds is 6. The van der Waals surface area contributed by atoms with Crippen LogP contribution in [0.25, 0.3) is 0 Å². The van der Waals surface area contributed by atoms with Crippen molar-refractivity contribution in [3.63, 3.8) is 0 Å². The average molecular weight is 350 g/mol. The van der Waals surface area contributed by atoms with E-state index >= 15 is 0 Å². The van der Waals surface area contributed by atoms with Crippen LogP contribution in [0.2, 0.25) is 0 Å². The van der Waals surface area contributed by atoms with Crippen LogP contribution in [-0.4, -0.2) is 50.4 Å². The fraction of sp³-hybridized carbons (Fsp3) is 0.556. The molecular weight excluding hydrogens is 324 g/mol. The molecule has 1 saturated heterocycles. The minimum Gasteiger partial charge on any atom is -0.453 e. The molecular formula is C18H26N2O5. The molecule has 0 aromatic heterocycles. The predicted molar refractivity (Wildman–Crippen MR) is 92.2 cm³/mol. The van der Waals surface area contributed by atoms with Gasteiger partial charge < -0.3 is 24.4 Å². The third kappa shape index (κ3) is 6.26. The summed E-state index contributed by atoms with van der Waals surface area (Å²) < 4.78 is 15.8. The number of carbonyl (C=O) groups is 2. The summed E-state index contributed by atoms with van der Waals surface area (Å²) in [5, 5.41) is 2.53. The molecule has 1 N–H and O–H groups in total. The fourth-order valence-electron chi connectivity index (χ4n) is 2.65. The minimum atomic E-state index is -0.811. The maximum Gasteiger partial charge on any atom is 0.412 e.